The Kier molecular flexibility index (Phi) is 23.5. The first-order chi connectivity index (χ1) is 28.0. The molecule has 0 fully saturated rings. The number of hydrogen-bond acceptors (Lipinski definition) is 17. The SMILES string of the molecule is Nc1nc2[nH]c(CCCCCCCC(=O)NC(CCC(=O)OCCSSCC(NC(=O)CCCC(=O)NCC(O)C(O)C(O)C(O)CO)C(=O)O)C(=O)O)cc2c(=O)[nH]1. The maximum atomic E-state index is 12.4. The van der Waals surface area contributed by atoms with Crippen LogP contribution in [0.3, 0.4) is 0 Å². The molecular formula is C35H55N7O15S2. The van der Waals surface area contributed by atoms with Crippen molar-refractivity contribution in [3.63, 3.8) is 0 Å². The van der Waals surface area contributed by atoms with Gasteiger partial charge < -0.3 is 67.2 Å². The van der Waals surface area contributed by atoms with E-state index in [0.29, 0.717) is 23.9 Å². The van der Waals surface area contributed by atoms with Crippen LogP contribution >= 0.6 is 21.6 Å². The van der Waals surface area contributed by atoms with Crippen molar-refractivity contribution < 1.29 is 69.2 Å². The quantitative estimate of drug-likeness (QED) is 0.0228. The molecule has 3 amide bonds. The van der Waals surface area contributed by atoms with Gasteiger partial charge >= 0.3 is 17.9 Å². The van der Waals surface area contributed by atoms with Gasteiger partial charge in [-0.05, 0) is 38.2 Å². The molecule has 59 heavy (non-hydrogen) atoms. The predicted octanol–water partition coefficient (Wildman–Crippen LogP) is -1.72. The molecule has 6 unspecified atom stereocenters. The van der Waals surface area contributed by atoms with E-state index in [1.54, 1.807) is 6.07 Å². The van der Waals surface area contributed by atoms with Crippen LogP contribution in [-0.2, 0) is 39.9 Å². The lowest BCUT2D eigenvalue weighted by Crippen LogP contribution is -2.49. The molecule has 0 aliphatic heterocycles. The Hall–Kier alpha value is -4.46. The van der Waals surface area contributed by atoms with Crippen LogP contribution in [0.15, 0.2) is 10.9 Å². The number of carboxylic acid groups (broad SMARTS) is 2. The van der Waals surface area contributed by atoms with E-state index < -0.39 is 85.3 Å². The lowest BCUT2D eigenvalue weighted by molar-refractivity contribution is -0.145. The zero-order chi connectivity index (χ0) is 43.9. The minimum absolute atomic E-state index is 0.0272. The van der Waals surface area contributed by atoms with Gasteiger partial charge in [-0.15, -0.1) is 0 Å². The fraction of sp³-hybridized carbons (Fsp3) is 0.657. The number of nitrogen functional groups attached to an aromatic ring is 1. The van der Waals surface area contributed by atoms with Gasteiger partial charge in [-0.1, -0.05) is 40.9 Å². The van der Waals surface area contributed by atoms with Crippen LogP contribution in [0.1, 0.15) is 76.3 Å². The van der Waals surface area contributed by atoms with Gasteiger partial charge in [0.2, 0.25) is 23.7 Å². The molecule has 0 saturated carbocycles. The van der Waals surface area contributed by atoms with Crippen LogP contribution in [0.25, 0.3) is 11.0 Å². The summed E-state index contributed by atoms with van der Waals surface area (Å²) >= 11 is 0. The highest BCUT2D eigenvalue weighted by atomic mass is 33.1. The van der Waals surface area contributed by atoms with Crippen molar-refractivity contribution in [1.29, 1.82) is 0 Å². The first kappa shape index (κ1) is 50.7. The monoisotopic (exact) mass is 877 g/mol. The van der Waals surface area contributed by atoms with E-state index in [1.807, 2.05) is 0 Å². The molecule has 24 heteroatoms. The normalized spacial score (nSPS) is 14.4. The first-order valence-corrected chi connectivity index (χ1v) is 21.4. The lowest BCUT2D eigenvalue weighted by atomic mass is 10.0. The number of esters is 1. The van der Waals surface area contributed by atoms with Crippen molar-refractivity contribution in [2.75, 3.05) is 37.0 Å². The summed E-state index contributed by atoms with van der Waals surface area (Å²) in [5.41, 5.74) is 6.57. The number of aliphatic hydroxyl groups is 5. The number of fused-ring (bicyclic) bond motifs is 1. The van der Waals surface area contributed by atoms with Gasteiger partial charge in [0.1, 0.15) is 42.6 Å². The van der Waals surface area contributed by atoms with Gasteiger partial charge in [0.05, 0.1) is 18.1 Å². The maximum absolute atomic E-state index is 12.4. The topological polar surface area (TPSA) is 377 Å². The number of H-pyrrole nitrogens is 2. The number of carboxylic acids is 2. The average Bonchev–Trinajstić information content (AvgIpc) is 3.60. The van der Waals surface area contributed by atoms with Crippen molar-refractivity contribution in [2.45, 2.75) is 114 Å². The van der Waals surface area contributed by atoms with Gasteiger partial charge in [0.25, 0.3) is 5.56 Å². The number of amides is 3. The number of aromatic nitrogens is 3. The fourth-order valence-corrected chi connectivity index (χ4v) is 7.40. The van der Waals surface area contributed by atoms with Crippen molar-refractivity contribution in [1.82, 2.24) is 30.9 Å². The van der Waals surface area contributed by atoms with Crippen LogP contribution in [0.2, 0.25) is 0 Å². The molecule has 0 saturated heterocycles. The van der Waals surface area contributed by atoms with Gasteiger partial charge in [0.15, 0.2) is 0 Å². The van der Waals surface area contributed by atoms with Gasteiger partial charge in [0, 0.05) is 49.4 Å². The molecule has 2 aromatic heterocycles. The number of nitrogens with zero attached hydrogens (tertiary/aromatic N) is 1. The lowest BCUT2D eigenvalue weighted by Gasteiger charge is -2.25. The van der Waals surface area contributed by atoms with Gasteiger partial charge in [-0.2, -0.15) is 4.98 Å². The minimum Gasteiger partial charge on any atom is -0.480 e. The van der Waals surface area contributed by atoms with E-state index in [1.165, 1.54) is 10.8 Å². The number of aryl methyl sites for hydroxylation is 1. The van der Waals surface area contributed by atoms with Crippen molar-refractivity contribution in [2.24, 2.45) is 0 Å². The maximum Gasteiger partial charge on any atom is 0.327 e. The number of aliphatic hydroxyl groups excluding tert-OH is 5. The van der Waals surface area contributed by atoms with Crippen molar-refractivity contribution in [3.8, 4) is 0 Å². The van der Waals surface area contributed by atoms with Gasteiger partial charge in [-0.25, -0.2) is 9.59 Å². The smallest absolute Gasteiger partial charge is 0.327 e. The molecule has 0 radical (unpaired) electrons. The number of ether oxygens (including phenoxy) is 1. The second-order valence-electron chi connectivity index (χ2n) is 13.5. The number of carbonyl (C=O) groups excluding carboxylic acids is 4. The molecule has 2 aromatic rings. The fourth-order valence-electron chi connectivity index (χ4n) is 5.42. The number of nitrogens with two attached hydrogens (primary N) is 1. The summed E-state index contributed by atoms with van der Waals surface area (Å²) in [5.74, 6) is -4.68. The standard InChI is InChI=1S/C35H55N7O15S2/c36-35-41-31-20(32(52)42-35)15-19(38-31)7-4-2-1-3-5-8-26(47)39-21(33(53)54)11-12-28(49)57-13-14-58-59-18-22(34(55)56)40-27(48)10-6-9-25(46)37-16-23(44)29(50)30(51)24(45)17-43/h15,21-24,29-30,43-45,50-51H,1-14,16-18H2,(H,37,46)(H,39,47)(H,40,48)(H,53,54)(H,55,56)(H4,36,38,41,42,52). The highest BCUT2D eigenvalue weighted by Gasteiger charge is 2.30. The summed E-state index contributed by atoms with van der Waals surface area (Å²) < 4.78 is 5.11. The molecule has 0 spiro atoms. The van der Waals surface area contributed by atoms with Crippen molar-refractivity contribution >= 4 is 74.2 Å². The van der Waals surface area contributed by atoms with Crippen LogP contribution in [-0.4, -0.2) is 154 Å². The Morgan fingerprint density at radius 1 is 0.780 bits per heavy atom. The number of anilines is 1. The molecular weight excluding hydrogens is 823 g/mol. The third kappa shape index (κ3) is 19.9. The summed E-state index contributed by atoms with van der Waals surface area (Å²) in [6, 6.07) is -0.784. The highest BCUT2D eigenvalue weighted by molar-refractivity contribution is 8.76. The number of aromatic amines is 2. The van der Waals surface area contributed by atoms with E-state index in [4.69, 9.17) is 15.6 Å². The largest absolute Gasteiger partial charge is 0.480 e. The Bertz CT molecular complexity index is 1730. The second kappa shape index (κ2) is 27.3. The van der Waals surface area contributed by atoms with Gasteiger partial charge in [-0.3, -0.25) is 29.0 Å². The number of carbonyl (C=O) groups is 6. The van der Waals surface area contributed by atoms with Crippen LogP contribution in [0.4, 0.5) is 5.95 Å². The highest BCUT2D eigenvalue weighted by Crippen LogP contribution is 2.22. The predicted molar refractivity (Wildman–Crippen MR) is 215 cm³/mol. The summed E-state index contributed by atoms with van der Waals surface area (Å²) in [7, 11) is 2.28. The van der Waals surface area contributed by atoms with E-state index in [-0.39, 0.29) is 68.1 Å². The summed E-state index contributed by atoms with van der Waals surface area (Å²) in [5, 5.41) is 73.9. The third-order valence-electron chi connectivity index (χ3n) is 8.71. The Labute approximate surface area is 346 Å². The van der Waals surface area contributed by atoms with Crippen LogP contribution in [0, 0.1) is 0 Å². The number of unbranched alkanes of at least 4 members (excludes halogenated alkanes) is 4. The molecule has 0 aromatic carbocycles. The molecule has 0 aliphatic carbocycles. The molecule has 332 valence electrons. The van der Waals surface area contributed by atoms with E-state index in [2.05, 4.69) is 30.9 Å². The average molecular weight is 878 g/mol. The zero-order valence-electron chi connectivity index (χ0n) is 32.3. The molecule has 2 rings (SSSR count). The van der Waals surface area contributed by atoms with E-state index >= 15 is 0 Å². The zero-order valence-corrected chi connectivity index (χ0v) is 33.9. The molecule has 0 aliphatic rings. The van der Waals surface area contributed by atoms with E-state index in [9.17, 15) is 64.2 Å². The van der Waals surface area contributed by atoms with E-state index in [0.717, 1.165) is 42.2 Å². The molecule has 6 atom stereocenters. The number of nitrogens with one attached hydrogen (secondary N) is 5. The van der Waals surface area contributed by atoms with Crippen LogP contribution < -0.4 is 27.2 Å². The second-order valence-corrected chi connectivity index (χ2v) is 16.1. The molecule has 2 heterocycles. The minimum atomic E-state index is -1.85. The third-order valence-corrected chi connectivity index (χ3v) is 11.1. The number of rotatable bonds is 31. The Morgan fingerprint density at radius 2 is 1.39 bits per heavy atom. The van der Waals surface area contributed by atoms with Crippen molar-refractivity contribution in [3.05, 3.63) is 22.1 Å². The number of aliphatic carboxylic acids is 2. The molecule has 22 nitrogen and oxygen atoms in total. The summed E-state index contributed by atoms with van der Waals surface area (Å²) in [6.07, 6.45) is -3.10. The Morgan fingerprint density at radius 3 is 2.07 bits per heavy atom. The summed E-state index contributed by atoms with van der Waals surface area (Å²) in [6.45, 7) is -1.39. The number of hydrogen-bond donors (Lipinski definition) is 13. The Balaban J connectivity index is 1.53. The first-order valence-electron chi connectivity index (χ1n) is 18.9. The summed E-state index contributed by atoms with van der Waals surface area (Å²) in [4.78, 5) is 93.6. The molecule has 0 bridgehead atoms. The van der Waals surface area contributed by atoms with Crippen LogP contribution in [0.5, 0.6) is 0 Å². The molecule has 14 N–H and O–H groups in total.